The molecule has 76 valence electrons. The molecular formula is C11H16N2S. The fourth-order valence-electron chi connectivity index (χ4n) is 1.14. The number of nitrogens with zero attached hydrogens (tertiary/aromatic N) is 1. The highest BCUT2D eigenvalue weighted by Crippen LogP contribution is 2.10. The highest BCUT2D eigenvalue weighted by atomic mass is 32.1. The minimum atomic E-state index is 0.519. The summed E-state index contributed by atoms with van der Waals surface area (Å²) in [7, 11) is 0. The van der Waals surface area contributed by atoms with Crippen molar-refractivity contribution >= 4 is 18.5 Å². The highest BCUT2D eigenvalue weighted by molar-refractivity contribution is 7.81. The van der Waals surface area contributed by atoms with Crippen LogP contribution >= 0.6 is 12.6 Å². The van der Waals surface area contributed by atoms with Gasteiger partial charge in [0.05, 0.1) is 6.54 Å². The summed E-state index contributed by atoms with van der Waals surface area (Å²) < 4.78 is 0. The Morgan fingerprint density at radius 2 is 2.07 bits per heavy atom. The number of hydrogen-bond acceptors (Lipinski definition) is 2. The average Bonchev–Trinajstić information content (AvgIpc) is 2.19. The molecule has 0 aliphatic rings. The molecule has 2 nitrogen and oxygen atoms in total. The number of aryl methyl sites for hydroxylation is 2. The maximum Gasteiger partial charge on any atom is 0.104 e. The maximum atomic E-state index is 5.56. The number of rotatable bonds is 3. The third kappa shape index (κ3) is 3.07. The lowest BCUT2D eigenvalue weighted by Gasteiger charge is -2.03. The molecule has 0 aliphatic carbocycles. The molecule has 1 aromatic carbocycles. The quantitative estimate of drug-likeness (QED) is 0.445. The van der Waals surface area contributed by atoms with Crippen LogP contribution in [-0.4, -0.2) is 11.6 Å². The normalized spacial score (nSPS) is 11.8. The summed E-state index contributed by atoms with van der Waals surface area (Å²) in [5.74, 6) is 1.11. The highest BCUT2D eigenvalue weighted by Gasteiger charge is 1.95. The second-order valence-electron chi connectivity index (χ2n) is 3.38. The van der Waals surface area contributed by atoms with Crippen LogP contribution in [0.2, 0.25) is 0 Å². The van der Waals surface area contributed by atoms with Crippen molar-refractivity contribution in [3.63, 3.8) is 0 Å². The van der Waals surface area contributed by atoms with Crippen LogP contribution in [0, 0.1) is 13.8 Å². The van der Waals surface area contributed by atoms with Gasteiger partial charge in [-0.2, -0.15) is 12.6 Å². The average molecular weight is 208 g/mol. The Bertz CT molecular complexity index is 345. The Balaban J connectivity index is 2.73. The topological polar surface area (TPSA) is 38.4 Å². The standard InChI is InChI=1S/C11H16N2S/c1-8-3-4-10(5-9(8)2)6-13-11(12)7-14/h3-5,14H,6-7H2,1-2H3,(H2,12,13). The Morgan fingerprint density at radius 1 is 1.36 bits per heavy atom. The lowest BCUT2D eigenvalue weighted by Crippen LogP contribution is -2.13. The molecule has 0 unspecified atom stereocenters. The van der Waals surface area contributed by atoms with Gasteiger partial charge in [0.1, 0.15) is 5.84 Å². The van der Waals surface area contributed by atoms with Gasteiger partial charge in [-0.15, -0.1) is 0 Å². The van der Waals surface area contributed by atoms with Crippen LogP contribution in [0.25, 0.3) is 0 Å². The molecule has 14 heavy (non-hydrogen) atoms. The zero-order valence-electron chi connectivity index (χ0n) is 8.62. The van der Waals surface area contributed by atoms with Gasteiger partial charge in [0, 0.05) is 5.75 Å². The fourth-order valence-corrected chi connectivity index (χ4v) is 1.24. The SMILES string of the molecule is Cc1ccc(CN=C(N)CS)cc1C. The summed E-state index contributed by atoms with van der Waals surface area (Å²) in [6.45, 7) is 4.85. The van der Waals surface area contributed by atoms with E-state index in [1.54, 1.807) is 0 Å². The molecule has 0 aromatic heterocycles. The molecule has 0 saturated carbocycles. The summed E-state index contributed by atoms with van der Waals surface area (Å²) in [4.78, 5) is 4.20. The van der Waals surface area contributed by atoms with Crippen LogP contribution in [0.15, 0.2) is 23.2 Å². The number of amidine groups is 1. The van der Waals surface area contributed by atoms with Gasteiger partial charge >= 0.3 is 0 Å². The minimum absolute atomic E-state index is 0.519. The van der Waals surface area contributed by atoms with E-state index in [0.717, 1.165) is 0 Å². The van der Waals surface area contributed by atoms with Gasteiger partial charge in [-0.3, -0.25) is 4.99 Å². The van der Waals surface area contributed by atoms with E-state index >= 15 is 0 Å². The third-order valence-corrected chi connectivity index (χ3v) is 2.52. The van der Waals surface area contributed by atoms with E-state index in [0.29, 0.717) is 18.1 Å². The van der Waals surface area contributed by atoms with Crippen molar-refractivity contribution in [2.45, 2.75) is 20.4 Å². The lowest BCUT2D eigenvalue weighted by molar-refractivity contribution is 1.05. The molecule has 3 heteroatoms. The smallest absolute Gasteiger partial charge is 0.104 e. The van der Waals surface area contributed by atoms with Crippen LogP contribution in [0.3, 0.4) is 0 Å². The van der Waals surface area contributed by atoms with Crippen LogP contribution < -0.4 is 5.73 Å². The van der Waals surface area contributed by atoms with Gasteiger partial charge in [0.15, 0.2) is 0 Å². The Morgan fingerprint density at radius 3 is 2.64 bits per heavy atom. The Labute approximate surface area is 90.6 Å². The molecule has 0 bridgehead atoms. The molecule has 0 spiro atoms. The van der Waals surface area contributed by atoms with E-state index in [-0.39, 0.29) is 0 Å². The van der Waals surface area contributed by atoms with E-state index in [9.17, 15) is 0 Å². The van der Waals surface area contributed by atoms with E-state index in [1.807, 2.05) is 0 Å². The molecule has 1 aromatic rings. The van der Waals surface area contributed by atoms with Gasteiger partial charge in [-0.05, 0) is 30.5 Å². The molecule has 0 amide bonds. The number of benzene rings is 1. The molecule has 0 heterocycles. The Kier molecular flexibility index (Phi) is 4.01. The summed E-state index contributed by atoms with van der Waals surface area (Å²) in [6, 6.07) is 6.33. The van der Waals surface area contributed by atoms with Crippen molar-refractivity contribution < 1.29 is 0 Å². The molecule has 0 atom stereocenters. The first-order valence-electron chi connectivity index (χ1n) is 4.59. The summed E-state index contributed by atoms with van der Waals surface area (Å²) in [5, 5.41) is 0. The van der Waals surface area contributed by atoms with Crippen molar-refractivity contribution in [1.82, 2.24) is 0 Å². The molecule has 2 N–H and O–H groups in total. The van der Waals surface area contributed by atoms with E-state index in [4.69, 9.17) is 5.73 Å². The molecule has 0 fully saturated rings. The van der Waals surface area contributed by atoms with Crippen molar-refractivity contribution in [3.05, 3.63) is 34.9 Å². The Hall–Kier alpha value is -0.960. The number of nitrogens with two attached hydrogens (primary N) is 1. The zero-order chi connectivity index (χ0) is 10.6. The van der Waals surface area contributed by atoms with Crippen molar-refractivity contribution in [3.8, 4) is 0 Å². The largest absolute Gasteiger partial charge is 0.387 e. The van der Waals surface area contributed by atoms with Crippen LogP contribution in [0.1, 0.15) is 16.7 Å². The second kappa shape index (κ2) is 5.05. The first-order chi connectivity index (χ1) is 6.63. The predicted octanol–water partition coefficient (Wildman–Crippen LogP) is 2.09. The maximum absolute atomic E-state index is 5.56. The van der Waals surface area contributed by atoms with Crippen molar-refractivity contribution in [2.75, 3.05) is 5.75 Å². The third-order valence-electron chi connectivity index (χ3n) is 2.20. The monoisotopic (exact) mass is 208 g/mol. The van der Waals surface area contributed by atoms with Gasteiger partial charge in [0.2, 0.25) is 0 Å². The molecule has 0 saturated heterocycles. The molecule has 1 rings (SSSR count). The van der Waals surface area contributed by atoms with E-state index in [1.165, 1.54) is 16.7 Å². The number of hydrogen-bond donors (Lipinski definition) is 2. The molecule has 0 radical (unpaired) electrons. The fraction of sp³-hybridized carbons (Fsp3) is 0.364. The van der Waals surface area contributed by atoms with Crippen LogP contribution in [0.4, 0.5) is 0 Å². The summed E-state index contributed by atoms with van der Waals surface area (Å²) in [5.41, 5.74) is 9.35. The summed E-state index contributed by atoms with van der Waals surface area (Å²) >= 11 is 4.04. The van der Waals surface area contributed by atoms with Crippen molar-refractivity contribution in [2.24, 2.45) is 10.7 Å². The van der Waals surface area contributed by atoms with Gasteiger partial charge in [0.25, 0.3) is 0 Å². The van der Waals surface area contributed by atoms with Crippen LogP contribution in [-0.2, 0) is 6.54 Å². The van der Waals surface area contributed by atoms with Gasteiger partial charge in [-0.25, -0.2) is 0 Å². The zero-order valence-corrected chi connectivity index (χ0v) is 9.51. The second-order valence-corrected chi connectivity index (χ2v) is 3.70. The van der Waals surface area contributed by atoms with Crippen molar-refractivity contribution in [1.29, 1.82) is 0 Å². The van der Waals surface area contributed by atoms with Gasteiger partial charge in [-0.1, -0.05) is 18.2 Å². The molecular weight excluding hydrogens is 192 g/mol. The van der Waals surface area contributed by atoms with Crippen LogP contribution in [0.5, 0.6) is 0 Å². The first kappa shape index (κ1) is 11.1. The van der Waals surface area contributed by atoms with E-state index in [2.05, 4.69) is 49.7 Å². The van der Waals surface area contributed by atoms with Gasteiger partial charge < -0.3 is 5.73 Å². The van der Waals surface area contributed by atoms with E-state index < -0.39 is 0 Å². The molecule has 0 aliphatic heterocycles. The summed E-state index contributed by atoms with van der Waals surface area (Å²) in [6.07, 6.45) is 0. The lowest BCUT2D eigenvalue weighted by atomic mass is 10.1. The number of aliphatic imine (C=N–C) groups is 1. The number of thiol groups is 1. The minimum Gasteiger partial charge on any atom is -0.387 e. The predicted molar refractivity (Wildman–Crippen MR) is 65.1 cm³/mol. The first-order valence-corrected chi connectivity index (χ1v) is 5.22.